The Kier molecular flexibility index (Phi) is 7.57. The number of hydrogen-bond donors (Lipinski definition) is 0. The van der Waals surface area contributed by atoms with Gasteiger partial charge in [-0.15, -0.1) is 0 Å². The molecule has 1 aliphatic heterocycles. The van der Waals surface area contributed by atoms with Gasteiger partial charge in [0.2, 0.25) is 0 Å². The van der Waals surface area contributed by atoms with Gasteiger partial charge in [-0.2, -0.15) is 5.26 Å². The van der Waals surface area contributed by atoms with Gasteiger partial charge in [0.15, 0.2) is 6.29 Å². The SMILES string of the molecule is C/C(=C/N(C)c1ccc(N2CC(C)N(C)C(C)C2)cc1)c1c(C=O)cccc1-c1ccc(C#N)cc1. The number of nitrogens with zero attached hydrogens (tertiary/aromatic N) is 4. The maximum atomic E-state index is 11.9. The minimum atomic E-state index is 0.518. The number of carbonyl (C=O) groups is 1. The number of piperazine rings is 1. The molecular weight excluding hydrogens is 444 g/mol. The summed E-state index contributed by atoms with van der Waals surface area (Å²) in [5.41, 5.74) is 7.43. The van der Waals surface area contributed by atoms with Gasteiger partial charge in [0.25, 0.3) is 0 Å². The molecule has 5 heteroatoms. The standard InChI is InChI=1S/C31H34N4O/c1-22(31-27(21-36)7-6-8-30(31)26-11-9-25(17-32)10-12-26)18-33(4)28-13-15-29(16-14-28)35-19-23(2)34(5)24(3)20-35/h6-16,18,21,23-24H,19-20H2,1-5H3/b22-18-. The molecule has 3 aromatic carbocycles. The Hall–Kier alpha value is -3.88. The lowest BCUT2D eigenvalue weighted by Gasteiger charge is -2.43. The van der Waals surface area contributed by atoms with Crippen molar-refractivity contribution in [2.45, 2.75) is 32.9 Å². The van der Waals surface area contributed by atoms with Crippen LogP contribution in [0.3, 0.4) is 0 Å². The fourth-order valence-corrected chi connectivity index (χ4v) is 5.02. The lowest BCUT2D eigenvalue weighted by molar-refractivity contribution is 0.112. The fraction of sp³-hybridized carbons (Fsp3) is 0.290. The van der Waals surface area contributed by atoms with Crippen LogP contribution in [0.5, 0.6) is 0 Å². The molecule has 0 N–H and O–H groups in total. The highest BCUT2D eigenvalue weighted by Crippen LogP contribution is 2.32. The second-order valence-electron chi connectivity index (χ2n) is 9.78. The van der Waals surface area contributed by atoms with Gasteiger partial charge in [-0.1, -0.05) is 30.3 Å². The zero-order valence-electron chi connectivity index (χ0n) is 21.8. The quantitative estimate of drug-likeness (QED) is 0.403. The summed E-state index contributed by atoms with van der Waals surface area (Å²) in [6, 6.07) is 25.1. The summed E-state index contributed by atoms with van der Waals surface area (Å²) in [6.45, 7) is 8.64. The van der Waals surface area contributed by atoms with Gasteiger partial charge in [0, 0.05) is 55.4 Å². The summed E-state index contributed by atoms with van der Waals surface area (Å²) >= 11 is 0. The van der Waals surface area contributed by atoms with Crippen LogP contribution in [0.15, 0.2) is 72.9 Å². The predicted octanol–water partition coefficient (Wildman–Crippen LogP) is 6.06. The summed E-state index contributed by atoms with van der Waals surface area (Å²) in [7, 11) is 4.23. The van der Waals surface area contributed by atoms with Crippen LogP contribution in [0, 0.1) is 11.3 Å². The highest BCUT2D eigenvalue weighted by atomic mass is 16.1. The molecule has 184 valence electrons. The van der Waals surface area contributed by atoms with Crippen molar-refractivity contribution in [2.75, 3.05) is 37.0 Å². The van der Waals surface area contributed by atoms with Crippen molar-refractivity contribution in [3.8, 4) is 17.2 Å². The average Bonchev–Trinajstić information content (AvgIpc) is 2.91. The first-order valence-corrected chi connectivity index (χ1v) is 12.4. The number of benzene rings is 3. The van der Waals surface area contributed by atoms with Gasteiger partial charge in [0.05, 0.1) is 11.6 Å². The third-order valence-corrected chi connectivity index (χ3v) is 7.31. The van der Waals surface area contributed by atoms with Crippen molar-refractivity contribution in [1.29, 1.82) is 5.26 Å². The summed E-state index contributed by atoms with van der Waals surface area (Å²) in [5.74, 6) is 0. The van der Waals surface area contributed by atoms with Gasteiger partial charge in [-0.05, 0) is 86.5 Å². The molecule has 0 aromatic heterocycles. The number of carbonyl (C=O) groups excluding carboxylic acids is 1. The number of allylic oxidation sites excluding steroid dienone is 1. The maximum absolute atomic E-state index is 11.9. The van der Waals surface area contributed by atoms with E-state index in [9.17, 15) is 4.79 Å². The van der Waals surface area contributed by atoms with Crippen LogP contribution in [0.4, 0.5) is 11.4 Å². The number of aldehydes is 1. The van der Waals surface area contributed by atoms with E-state index in [-0.39, 0.29) is 0 Å². The second kappa shape index (κ2) is 10.8. The van der Waals surface area contributed by atoms with E-state index in [0.717, 1.165) is 47.3 Å². The molecule has 0 radical (unpaired) electrons. The molecule has 0 bridgehead atoms. The molecule has 1 saturated heterocycles. The second-order valence-corrected chi connectivity index (χ2v) is 9.78. The highest BCUT2D eigenvalue weighted by Gasteiger charge is 2.26. The molecule has 4 rings (SSSR count). The van der Waals surface area contributed by atoms with E-state index >= 15 is 0 Å². The van der Waals surface area contributed by atoms with Crippen molar-refractivity contribution in [3.63, 3.8) is 0 Å². The van der Waals surface area contributed by atoms with Gasteiger partial charge in [0.1, 0.15) is 0 Å². The Balaban J connectivity index is 1.60. The Labute approximate surface area is 214 Å². The Morgan fingerprint density at radius 2 is 1.64 bits per heavy atom. The average molecular weight is 479 g/mol. The van der Waals surface area contributed by atoms with Crippen LogP contribution in [0.2, 0.25) is 0 Å². The largest absolute Gasteiger partial charge is 0.368 e. The Morgan fingerprint density at radius 1 is 1.00 bits per heavy atom. The topological polar surface area (TPSA) is 50.6 Å². The molecule has 1 heterocycles. The monoisotopic (exact) mass is 478 g/mol. The molecule has 2 unspecified atom stereocenters. The molecule has 1 fully saturated rings. The molecule has 1 aliphatic rings. The molecule has 2 atom stereocenters. The zero-order chi connectivity index (χ0) is 25.8. The Bertz CT molecular complexity index is 1280. The van der Waals surface area contributed by atoms with E-state index < -0.39 is 0 Å². The fourth-order valence-electron chi connectivity index (χ4n) is 5.02. The third kappa shape index (κ3) is 5.19. The molecule has 0 spiro atoms. The number of likely N-dealkylation sites (N-methyl/N-ethyl adjacent to an activating group) is 1. The smallest absolute Gasteiger partial charge is 0.150 e. The minimum Gasteiger partial charge on any atom is -0.368 e. The number of rotatable bonds is 6. The van der Waals surface area contributed by atoms with Crippen LogP contribution in [-0.4, -0.2) is 50.5 Å². The van der Waals surface area contributed by atoms with E-state index in [4.69, 9.17) is 5.26 Å². The molecule has 0 saturated carbocycles. The summed E-state index contributed by atoms with van der Waals surface area (Å²) in [4.78, 5) is 18.9. The predicted molar refractivity (Wildman–Crippen MR) is 149 cm³/mol. The minimum absolute atomic E-state index is 0.518. The number of nitriles is 1. The van der Waals surface area contributed by atoms with Crippen LogP contribution in [0.1, 0.15) is 42.3 Å². The van der Waals surface area contributed by atoms with E-state index in [2.05, 4.69) is 72.1 Å². The van der Waals surface area contributed by atoms with Crippen LogP contribution < -0.4 is 9.80 Å². The first kappa shape index (κ1) is 25.2. The highest BCUT2D eigenvalue weighted by molar-refractivity contribution is 5.93. The van der Waals surface area contributed by atoms with Crippen LogP contribution >= 0.6 is 0 Å². The van der Waals surface area contributed by atoms with Crippen molar-refractivity contribution in [2.24, 2.45) is 0 Å². The molecule has 0 amide bonds. The Morgan fingerprint density at radius 3 is 2.22 bits per heavy atom. The van der Waals surface area contributed by atoms with E-state index in [1.54, 1.807) is 12.1 Å². The van der Waals surface area contributed by atoms with Crippen molar-refractivity contribution in [1.82, 2.24) is 4.90 Å². The van der Waals surface area contributed by atoms with Crippen LogP contribution in [0.25, 0.3) is 16.7 Å². The number of hydrogen-bond acceptors (Lipinski definition) is 5. The lowest BCUT2D eigenvalue weighted by atomic mass is 9.91. The first-order valence-electron chi connectivity index (χ1n) is 12.4. The number of anilines is 2. The maximum Gasteiger partial charge on any atom is 0.150 e. The molecule has 5 nitrogen and oxygen atoms in total. The molecular formula is C31H34N4O. The van der Waals surface area contributed by atoms with E-state index in [1.165, 1.54) is 5.69 Å². The summed E-state index contributed by atoms with van der Waals surface area (Å²) in [6.07, 6.45) is 2.98. The normalized spacial score (nSPS) is 18.6. The van der Waals surface area contributed by atoms with E-state index in [0.29, 0.717) is 23.2 Å². The van der Waals surface area contributed by atoms with Crippen molar-refractivity contribution >= 4 is 23.2 Å². The first-order chi connectivity index (χ1) is 17.3. The lowest BCUT2D eigenvalue weighted by Crippen LogP contribution is -2.55. The van der Waals surface area contributed by atoms with Gasteiger partial charge >= 0.3 is 0 Å². The van der Waals surface area contributed by atoms with Gasteiger partial charge < -0.3 is 9.80 Å². The molecule has 3 aromatic rings. The zero-order valence-corrected chi connectivity index (χ0v) is 21.8. The summed E-state index contributed by atoms with van der Waals surface area (Å²) in [5, 5.41) is 9.14. The van der Waals surface area contributed by atoms with E-state index in [1.807, 2.05) is 44.3 Å². The molecule has 0 aliphatic carbocycles. The van der Waals surface area contributed by atoms with Crippen molar-refractivity contribution in [3.05, 3.63) is 89.6 Å². The van der Waals surface area contributed by atoms with Gasteiger partial charge in [-0.3, -0.25) is 9.69 Å². The third-order valence-electron chi connectivity index (χ3n) is 7.31. The van der Waals surface area contributed by atoms with Crippen molar-refractivity contribution < 1.29 is 4.79 Å². The van der Waals surface area contributed by atoms with Crippen LogP contribution in [-0.2, 0) is 0 Å². The summed E-state index contributed by atoms with van der Waals surface area (Å²) < 4.78 is 0. The molecule has 36 heavy (non-hydrogen) atoms. The van der Waals surface area contributed by atoms with Gasteiger partial charge in [-0.25, -0.2) is 0 Å².